The van der Waals surface area contributed by atoms with Gasteiger partial charge in [-0.05, 0) is 24.3 Å². The third-order valence-corrected chi connectivity index (χ3v) is 2.48. The molecule has 1 aromatic heterocycles. The second kappa shape index (κ2) is 4.43. The Kier molecular flexibility index (Phi) is 3.15. The van der Waals surface area contributed by atoms with Gasteiger partial charge < -0.3 is 0 Å². The summed E-state index contributed by atoms with van der Waals surface area (Å²) in [6.07, 6.45) is -9.30. The van der Waals surface area contributed by atoms with Crippen LogP contribution < -0.4 is 5.56 Å². The molecule has 108 valence electrons. The van der Waals surface area contributed by atoms with Crippen molar-refractivity contribution in [3.8, 4) is 5.69 Å². The maximum atomic E-state index is 12.4. The number of nitrogens with zero attached hydrogens (tertiary/aromatic N) is 1. The molecular formula is C11H6F6N2O. The third-order valence-electron chi connectivity index (χ3n) is 2.48. The van der Waals surface area contributed by atoms with Crippen molar-refractivity contribution in [2.45, 2.75) is 12.4 Å². The molecule has 0 bridgehead atoms. The van der Waals surface area contributed by atoms with Crippen LogP contribution in [0.15, 0.2) is 35.1 Å². The molecule has 0 saturated heterocycles. The molecule has 0 amide bonds. The highest BCUT2D eigenvalue weighted by Gasteiger charge is 2.34. The Morgan fingerprint density at radius 1 is 0.900 bits per heavy atom. The van der Waals surface area contributed by atoms with Gasteiger partial charge in [-0.1, -0.05) is 0 Å². The summed E-state index contributed by atoms with van der Waals surface area (Å²) in [4.78, 5) is 11.4. The van der Waals surface area contributed by atoms with Crippen molar-refractivity contribution < 1.29 is 26.3 Å². The molecule has 0 spiro atoms. The van der Waals surface area contributed by atoms with E-state index in [4.69, 9.17) is 0 Å². The van der Waals surface area contributed by atoms with Crippen LogP contribution in [0.25, 0.3) is 5.69 Å². The van der Waals surface area contributed by atoms with Crippen molar-refractivity contribution in [2.75, 3.05) is 0 Å². The molecule has 0 aliphatic rings. The summed E-state index contributed by atoms with van der Waals surface area (Å²) in [6.45, 7) is 0. The Bertz CT molecular complexity index is 662. The van der Waals surface area contributed by atoms with Crippen molar-refractivity contribution >= 4 is 0 Å². The minimum Gasteiger partial charge on any atom is -0.286 e. The van der Waals surface area contributed by atoms with E-state index < -0.39 is 29.2 Å². The van der Waals surface area contributed by atoms with E-state index in [1.807, 2.05) is 0 Å². The van der Waals surface area contributed by atoms with E-state index in [0.29, 0.717) is 22.9 Å². The van der Waals surface area contributed by atoms with Crippen molar-refractivity contribution in [1.82, 2.24) is 9.78 Å². The van der Waals surface area contributed by atoms with Crippen molar-refractivity contribution in [2.24, 2.45) is 0 Å². The molecule has 0 fully saturated rings. The zero-order valence-electron chi connectivity index (χ0n) is 9.51. The number of hydrogen-bond donors (Lipinski definition) is 1. The third kappa shape index (κ3) is 2.70. The summed E-state index contributed by atoms with van der Waals surface area (Å²) in [5.74, 6) is 0. The van der Waals surface area contributed by atoms with Gasteiger partial charge in [0.05, 0.1) is 11.3 Å². The van der Waals surface area contributed by atoms with Crippen LogP contribution in [0.5, 0.6) is 0 Å². The topological polar surface area (TPSA) is 37.8 Å². The number of H-pyrrole nitrogens is 1. The first-order chi connectivity index (χ1) is 9.09. The van der Waals surface area contributed by atoms with Crippen molar-refractivity contribution in [3.63, 3.8) is 0 Å². The van der Waals surface area contributed by atoms with Crippen LogP contribution in [0.4, 0.5) is 26.3 Å². The van der Waals surface area contributed by atoms with Crippen LogP contribution in [0.1, 0.15) is 11.3 Å². The van der Waals surface area contributed by atoms with E-state index in [2.05, 4.69) is 0 Å². The minimum atomic E-state index is -4.74. The van der Waals surface area contributed by atoms with Crippen LogP contribution in [-0.2, 0) is 12.4 Å². The molecule has 0 aliphatic heterocycles. The summed E-state index contributed by atoms with van der Waals surface area (Å²) in [6, 6.07) is 3.49. The lowest BCUT2D eigenvalue weighted by atomic mass is 10.2. The van der Waals surface area contributed by atoms with Gasteiger partial charge >= 0.3 is 12.4 Å². The predicted octanol–water partition coefficient (Wildman–Crippen LogP) is 3.20. The maximum Gasteiger partial charge on any atom is 0.432 e. The molecule has 0 unspecified atom stereocenters. The van der Waals surface area contributed by atoms with E-state index in [-0.39, 0.29) is 5.69 Å². The van der Waals surface area contributed by atoms with Crippen molar-refractivity contribution in [1.29, 1.82) is 0 Å². The molecule has 0 saturated carbocycles. The van der Waals surface area contributed by atoms with Gasteiger partial charge in [-0.3, -0.25) is 9.89 Å². The fourth-order valence-corrected chi connectivity index (χ4v) is 1.53. The van der Waals surface area contributed by atoms with E-state index in [1.165, 1.54) is 0 Å². The first-order valence-electron chi connectivity index (χ1n) is 5.16. The van der Waals surface area contributed by atoms with Crippen molar-refractivity contribution in [3.05, 3.63) is 51.9 Å². The Balaban J connectivity index is 2.43. The average Bonchev–Trinajstić information content (AvgIpc) is 2.70. The number of hydrogen-bond acceptors (Lipinski definition) is 1. The molecule has 2 aromatic rings. The number of aromatic nitrogens is 2. The van der Waals surface area contributed by atoms with Crippen LogP contribution >= 0.6 is 0 Å². The highest BCUT2D eigenvalue weighted by Crippen LogP contribution is 2.30. The second-order valence-corrected chi connectivity index (χ2v) is 3.89. The zero-order chi connectivity index (χ0) is 15.1. The van der Waals surface area contributed by atoms with Gasteiger partial charge in [0.2, 0.25) is 0 Å². The Labute approximate surface area is 107 Å². The van der Waals surface area contributed by atoms with E-state index in [1.54, 1.807) is 5.10 Å². The molecule has 2 rings (SSSR count). The van der Waals surface area contributed by atoms with Gasteiger partial charge in [0.1, 0.15) is 5.69 Å². The highest BCUT2D eigenvalue weighted by molar-refractivity contribution is 5.35. The van der Waals surface area contributed by atoms with Crippen LogP contribution in [0.3, 0.4) is 0 Å². The Morgan fingerprint density at radius 3 is 1.85 bits per heavy atom. The molecule has 1 aromatic carbocycles. The number of nitrogens with one attached hydrogen (secondary N) is 1. The lowest BCUT2D eigenvalue weighted by Gasteiger charge is -2.08. The average molecular weight is 296 g/mol. The molecule has 3 nitrogen and oxygen atoms in total. The first kappa shape index (κ1) is 14.2. The molecule has 0 aliphatic carbocycles. The number of rotatable bonds is 1. The minimum absolute atomic E-state index is 0.126. The highest BCUT2D eigenvalue weighted by atomic mass is 19.4. The molecule has 20 heavy (non-hydrogen) atoms. The van der Waals surface area contributed by atoms with Gasteiger partial charge in [0.15, 0.2) is 0 Å². The lowest BCUT2D eigenvalue weighted by molar-refractivity contribution is -0.141. The quantitative estimate of drug-likeness (QED) is 0.806. The number of aromatic amines is 1. The van der Waals surface area contributed by atoms with E-state index in [0.717, 1.165) is 12.1 Å². The Hall–Kier alpha value is -2.19. The zero-order valence-corrected chi connectivity index (χ0v) is 9.51. The summed E-state index contributed by atoms with van der Waals surface area (Å²) in [7, 11) is 0. The maximum absolute atomic E-state index is 12.4. The normalized spacial score (nSPS) is 12.7. The molecule has 0 radical (unpaired) electrons. The summed E-state index contributed by atoms with van der Waals surface area (Å²) in [5.41, 5.74) is -3.38. The Morgan fingerprint density at radius 2 is 1.45 bits per heavy atom. The van der Waals surface area contributed by atoms with E-state index >= 15 is 0 Å². The smallest absolute Gasteiger partial charge is 0.286 e. The fraction of sp³-hybridized carbons (Fsp3) is 0.182. The number of benzene rings is 1. The molecular weight excluding hydrogens is 290 g/mol. The summed E-state index contributed by atoms with van der Waals surface area (Å²) in [5, 5.41) is 1.79. The largest absolute Gasteiger partial charge is 0.432 e. The number of alkyl halides is 6. The number of halogens is 6. The van der Waals surface area contributed by atoms with Gasteiger partial charge in [0, 0.05) is 6.07 Å². The monoisotopic (exact) mass is 296 g/mol. The van der Waals surface area contributed by atoms with Gasteiger partial charge in [-0.15, -0.1) is 0 Å². The van der Waals surface area contributed by atoms with E-state index in [9.17, 15) is 31.1 Å². The molecule has 0 atom stereocenters. The molecule has 9 heteroatoms. The van der Waals surface area contributed by atoms with Crippen LogP contribution in [0.2, 0.25) is 0 Å². The molecule has 1 N–H and O–H groups in total. The van der Waals surface area contributed by atoms with Crippen LogP contribution in [-0.4, -0.2) is 9.78 Å². The van der Waals surface area contributed by atoms with Gasteiger partial charge in [-0.25, -0.2) is 4.68 Å². The molecule has 1 heterocycles. The summed E-state index contributed by atoms with van der Waals surface area (Å²) >= 11 is 0. The van der Waals surface area contributed by atoms with Crippen LogP contribution in [0, 0.1) is 0 Å². The standard InChI is InChI=1S/C11H6F6N2O/c12-10(13,14)6-1-3-7(4-2-6)19-9(20)5-8(18-19)11(15,16)17/h1-5,18H. The second-order valence-electron chi connectivity index (χ2n) is 3.89. The lowest BCUT2D eigenvalue weighted by Crippen LogP contribution is -2.14. The SMILES string of the molecule is O=c1cc(C(F)(F)F)[nH]n1-c1ccc(C(F)(F)F)cc1. The summed E-state index contributed by atoms with van der Waals surface area (Å²) < 4.78 is 74.7. The fourth-order valence-electron chi connectivity index (χ4n) is 1.53. The first-order valence-corrected chi connectivity index (χ1v) is 5.16. The van der Waals surface area contributed by atoms with Gasteiger partial charge in [-0.2, -0.15) is 26.3 Å². The van der Waals surface area contributed by atoms with Gasteiger partial charge in [0.25, 0.3) is 5.56 Å². The predicted molar refractivity (Wildman–Crippen MR) is 56.4 cm³/mol.